The van der Waals surface area contributed by atoms with Gasteiger partial charge in [0.05, 0.1) is 12.2 Å². The van der Waals surface area contributed by atoms with Crippen molar-refractivity contribution in [3.8, 4) is 11.4 Å². The number of benzene rings is 1. The Morgan fingerprint density at radius 2 is 1.90 bits per heavy atom. The number of rotatable bonds is 5. The maximum absolute atomic E-state index is 13.8. The largest absolute Gasteiger partial charge is 0.311 e. The molecule has 0 aliphatic rings. The van der Waals surface area contributed by atoms with E-state index < -0.39 is 11.5 Å². The first-order valence-electron chi connectivity index (χ1n) is 9.55. The molecule has 4 aromatic rings. The van der Waals surface area contributed by atoms with E-state index in [4.69, 9.17) is 0 Å². The van der Waals surface area contributed by atoms with Crippen LogP contribution in [0.25, 0.3) is 11.4 Å². The number of halogens is 1. The Hall–Kier alpha value is -3.65. The number of hydrogen-bond acceptors (Lipinski definition) is 5. The van der Waals surface area contributed by atoms with E-state index in [0.29, 0.717) is 16.4 Å². The molecular formula is C23H19FN4O2S. The first-order chi connectivity index (χ1) is 14.9. The van der Waals surface area contributed by atoms with Gasteiger partial charge in [-0.25, -0.2) is 9.37 Å². The number of thiazole rings is 1. The minimum Gasteiger partial charge on any atom is -0.311 e. The van der Waals surface area contributed by atoms with Crippen molar-refractivity contribution in [2.45, 2.75) is 20.4 Å². The molecule has 1 amide bonds. The Kier molecular flexibility index (Phi) is 5.73. The maximum atomic E-state index is 13.8. The Labute approximate surface area is 182 Å². The molecule has 0 atom stereocenters. The van der Waals surface area contributed by atoms with Crippen molar-refractivity contribution in [3.63, 3.8) is 0 Å². The third-order valence-electron chi connectivity index (χ3n) is 4.64. The van der Waals surface area contributed by atoms with Crippen molar-refractivity contribution in [2.24, 2.45) is 0 Å². The zero-order valence-electron chi connectivity index (χ0n) is 16.9. The fourth-order valence-electron chi connectivity index (χ4n) is 3.18. The summed E-state index contributed by atoms with van der Waals surface area (Å²) >= 11 is 1.28. The van der Waals surface area contributed by atoms with Crippen molar-refractivity contribution in [1.82, 2.24) is 14.5 Å². The van der Waals surface area contributed by atoms with E-state index in [1.807, 2.05) is 31.4 Å². The second kappa shape index (κ2) is 8.61. The highest BCUT2D eigenvalue weighted by Gasteiger charge is 2.13. The number of carbonyl (C=O) groups is 1. The van der Waals surface area contributed by atoms with Gasteiger partial charge in [-0.05, 0) is 43.7 Å². The van der Waals surface area contributed by atoms with Crippen molar-refractivity contribution >= 4 is 22.4 Å². The number of nitrogens with zero attached hydrogens (tertiary/aromatic N) is 3. The first-order valence-corrected chi connectivity index (χ1v) is 10.4. The van der Waals surface area contributed by atoms with Gasteiger partial charge in [0.2, 0.25) is 0 Å². The second-order valence-corrected chi connectivity index (χ2v) is 7.99. The van der Waals surface area contributed by atoms with Crippen LogP contribution in [0.5, 0.6) is 0 Å². The van der Waals surface area contributed by atoms with Crippen LogP contribution in [0.2, 0.25) is 0 Å². The SMILES string of the molecule is Cc1cc(C)nc(-c2csc(NC(=O)c3ccn(Cc4ccccc4F)c(=O)c3)n2)c1. The summed E-state index contributed by atoms with van der Waals surface area (Å²) in [7, 11) is 0. The van der Waals surface area contributed by atoms with E-state index in [9.17, 15) is 14.0 Å². The lowest BCUT2D eigenvalue weighted by atomic mass is 10.2. The van der Waals surface area contributed by atoms with Crippen molar-refractivity contribution < 1.29 is 9.18 Å². The zero-order valence-corrected chi connectivity index (χ0v) is 17.7. The molecule has 6 nitrogen and oxygen atoms in total. The van der Waals surface area contributed by atoms with Crippen LogP contribution in [0.4, 0.5) is 9.52 Å². The topological polar surface area (TPSA) is 76.9 Å². The van der Waals surface area contributed by atoms with Crippen LogP contribution >= 0.6 is 11.3 Å². The van der Waals surface area contributed by atoms with E-state index in [0.717, 1.165) is 17.0 Å². The molecule has 1 N–H and O–H groups in total. The third kappa shape index (κ3) is 4.75. The zero-order chi connectivity index (χ0) is 22.0. The summed E-state index contributed by atoms with van der Waals surface area (Å²) in [6, 6.07) is 12.9. The van der Waals surface area contributed by atoms with E-state index in [1.165, 1.54) is 40.3 Å². The summed E-state index contributed by atoms with van der Waals surface area (Å²) in [6.45, 7) is 3.99. The van der Waals surface area contributed by atoms with E-state index in [2.05, 4.69) is 15.3 Å². The monoisotopic (exact) mass is 434 g/mol. The molecule has 0 fully saturated rings. The molecule has 31 heavy (non-hydrogen) atoms. The molecule has 3 heterocycles. The summed E-state index contributed by atoms with van der Waals surface area (Å²) in [6.07, 6.45) is 1.48. The Morgan fingerprint density at radius 3 is 2.65 bits per heavy atom. The van der Waals surface area contributed by atoms with Crippen LogP contribution in [0, 0.1) is 19.7 Å². The minimum atomic E-state index is -0.440. The minimum absolute atomic E-state index is 0.0894. The average molecular weight is 434 g/mol. The Balaban J connectivity index is 1.49. The molecule has 0 saturated heterocycles. The molecule has 3 aromatic heterocycles. The number of nitrogens with one attached hydrogen (secondary N) is 1. The highest BCUT2D eigenvalue weighted by atomic mass is 32.1. The standard InChI is InChI=1S/C23H19FN4O2S/c1-14-9-15(2)25-19(10-14)20-13-31-23(26-20)27-22(30)16-7-8-28(21(29)11-16)12-17-5-3-4-6-18(17)24/h3-11,13H,12H2,1-2H3,(H,26,27,30). The van der Waals surface area contributed by atoms with E-state index >= 15 is 0 Å². The maximum Gasteiger partial charge on any atom is 0.257 e. The van der Waals surface area contributed by atoms with Gasteiger partial charge in [0.15, 0.2) is 5.13 Å². The summed E-state index contributed by atoms with van der Waals surface area (Å²) in [5.74, 6) is -0.821. The average Bonchev–Trinajstić information content (AvgIpc) is 3.19. The van der Waals surface area contributed by atoms with Gasteiger partial charge in [-0.1, -0.05) is 18.2 Å². The number of anilines is 1. The second-order valence-electron chi connectivity index (χ2n) is 7.14. The predicted octanol–water partition coefficient (Wildman–Crippen LogP) is 4.42. The Morgan fingerprint density at radius 1 is 1.10 bits per heavy atom. The molecule has 0 unspecified atom stereocenters. The number of carbonyl (C=O) groups excluding carboxylic acids is 1. The van der Waals surface area contributed by atoms with E-state index in [1.54, 1.807) is 18.2 Å². The summed E-state index contributed by atoms with van der Waals surface area (Å²) in [4.78, 5) is 33.9. The van der Waals surface area contributed by atoms with Crippen molar-refractivity contribution in [2.75, 3.05) is 5.32 Å². The lowest BCUT2D eigenvalue weighted by Crippen LogP contribution is -2.23. The molecule has 0 radical (unpaired) electrons. The van der Waals surface area contributed by atoms with Gasteiger partial charge < -0.3 is 4.57 Å². The molecule has 0 bridgehead atoms. The quantitative estimate of drug-likeness (QED) is 0.504. The summed E-state index contributed by atoms with van der Waals surface area (Å²) in [5, 5.41) is 4.95. The highest BCUT2D eigenvalue weighted by molar-refractivity contribution is 7.14. The highest BCUT2D eigenvalue weighted by Crippen LogP contribution is 2.25. The van der Waals surface area contributed by atoms with Crippen LogP contribution in [-0.4, -0.2) is 20.4 Å². The molecule has 0 spiro atoms. The molecular weight excluding hydrogens is 415 g/mol. The van der Waals surface area contributed by atoms with Gasteiger partial charge in [0, 0.05) is 34.5 Å². The van der Waals surface area contributed by atoms with Gasteiger partial charge >= 0.3 is 0 Å². The van der Waals surface area contributed by atoms with Gasteiger partial charge in [-0.15, -0.1) is 11.3 Å². The van der Waals surface area contributed by atoms with Gasteiger partial charge in [-0.2, -0.15) is 0 Å². The van der Waals surface area contributed by atoms with Gasteiger partial charge in [-0.3, -0.25) is 19.9 Å². The Bertz CT molecular complexity index is 1310. The molecule has 1 aromatic carbocycles. The van der Waals surface area contributed by atoms with E-state index in [-0.39, 0.29) is 17.9 Å². The van der Waals surface area contributed by atoms with Crippen LogP contribution in [-0.2, 0) is 6.54 Å². The summed E-state index contributed by atoms with van der Waals surface area (Å²) in [5.41, 5.74) is 3.60. The molecule has 0 saturated carbocycles. The fourth-order valence-corrected chi connectivity index (χ4v) is 3.88. The molecule has 156 valence electrons. The first kappa shape index (κ1) is 20.6. The lowest BCUT2D eigenvalue weighted by Gasteiger charge is -2.08. The molecule has 0 aliphatic heterocycles. The molecule has 8 heteroatoms. The predicted molar refractivity (Wildman–Crippen MR) is 119 cm³/mol. The third-order valence-corrected chi connectivity index (χ3v) is 5.40. The number of pyridine rings is 2. The molecule has 0 aliphatic carbocycles. The van der Waals surface area contributed by atoms with Crippen LogP contribution in [0.3, 0.4) is 0 Å². The van der Waals surface area contributed by atoms with Gasteiger partial charge in [0.1, 0.15) is 11.5 Å². The number of hydrogen-bond donors (Lipinski definition) is 1. The van der Waals surface area contributed by atoms with Crippen molar-refractivity contribution in [1.29, 1.82) is 0 Å². The van der Waals surface area contributed by atoms with Crippen LogP contribution < -0.4 is 10.9 Å². The normalized spacial score (nSPS) is 10.8. The fraction of sp³-hybridized carbons (Fsp3) is 0.130. The number of amides is 1. The molecule has 4 rings (SSSR count). The summed E-state index contributed by atoms with van der Waals surface area (Å²) < 4.78 is 15.2. The van der Waals surface area contributed by atoms with Gasteiger partial charge in [0.25, 0.3) is 11.5 Å². The van der Waals surface area contributed by atoms with Crippen LogP contribution in [0.15, 0.2) is 64.9 Å². The lowest BCUT2D eigenvalue weighted by molar-refractivity contribution is 0.102. The van der Waals surface area contributed by atoms with Crippen LogP contribution in [0.1, 0.15) is 27.2 Å². The van der Waals surface area contributed by atoms with Crippen molar-refractivity contribution in [3.05, 3.63) is 98.7 Å². The number of aromatic nitrogens is 3. The smallest absolute Gasteiger partial charge is 0.257 e. The number of aryl methyl sites for hydroxylation is 2.